The molecule has 1 aromatic carbocycles. The summed E-state index contributed by atoms with van der Waals surface area (Å²) in [7, 11) is 1.46. The Morgan fingerprint density at radius 3 is 2.73 bits per heavy atom. The zero-order chi connectivity index (χ0) is 11.4. The van der Waals surface area contributed by atoms with E-state index < -0.39 is 5.91 Å². The van der Waals surface area contributed by atoms with Crippen molar-refractivity contribution in [2.24, 2.45) is 5.73 Å². The number of ether oxygens (including phenoxy) is 1. The number of nitrogens with two attached hydrogens (primary N) is 2. The van der Waals surface area contributed by atoms with Crippen molar-refractivity contribution in [2.45, 2.75) is 6.42 Å². The van der Waals surface area contributed by atoms with E-state index in [4.69, 9.17) is 21.5 Å². The number of carbonyl (C=O) groups excluding carboxylic acids is 1. The Hall–Kier alpha value is -2.22. The number of benzene rings is 1. The number of methoxy groups -OCH3 is 1. The van der Waals surface area contributed by atoms with Crippen molar-refractivity contribution in [3.63, 3.8) is 0 Å². The number of hydrogen-bond acceptors (Lipinski definition) is 4. The van der Waals surface area contributed by atoms with Crippen LogP contribution in [0.3, 0.4) is 0 Å². The minimum atomic E-state index is -0.484. The van der Waals surface area contributed by atoms with Crippen molar-refractivity contribution < 1.29 is 9.53 Å². The van der Waals surface area contributed by atoms with Gasteiger partial charge in [0.15, 0.2) is 0 Å². The predicted octanol–water partition coefficient (Wildman–Crippen LogP) is 0.177. The van der Waals surface area contributed by atoms with Crippen LogP contribution in [0.1, 0.15) is 11.1 Å². The summed E-state index contributed by atoms with van der Waals surface area (Å²) in [4.78, 5) is 10.8. The maximum Gasteiger partial charge on any atom is 0.221 e. The van der Waals surface area contributed by atoms with Gasteiger partial charge in [-0.25, -0.2) is 0 Å². The number of amides is 1. The lowest BCUT2D eigenvalue weighted by Gasteiger charge is -2.08. The van der Waals surface area contributed by atoms with Gasteiger partial charge in [-0.1, -0.05) is 0 Å². The fraction of sp³-hybridized carbons (Fsp3) is 0.200. The highest BCUT2D eigenvalue weighted by molar-refractivity contribution is 5.78. The molecule has 0 aliphatic carbocycles. The summed E-state index contributed by atoms with van der Waals surface area (Å²) in [6.07, 6.45) is 0.0259. The number of hydrogen-bond donors (Lipinski definition) is 2. The molecule has 0 heterocycles. The van der Waals surface area contributed by atoms with Gasteiger partial charge in [-0.3, -0.25) is 4.79 Å². The average Bonchev–Trinajstić information content (AvgIpc) is 2.19. The van der Waals surface area contributed by atoms with Gasteiger partial charge in [0.1, 0.15) is 11.8 Å². The lowest BCUT2D eigenvalue weighted by Crippen LogP contribution is -2.14. The third kappa shape index (κ3) is 2.38. The van der Waals surface area contributed by atoms with Crippen LogP contribution in [-0.2, 0) is 11.2 Å². The van der Waals surface area contributed by atoms with Gasteiger partial charge in [0, 0.05) is 11.6 Å². The lowest BCUT2D eigenvalue weighted by atomic mass is 10.1. The highest BCUT2D eigenvalue weighted by Crippen LogP contribution is 2.25. The highest BCUT2D eigenvalue weighted by Gasteiger charge is 2.10. The molecule has 5 heteroatoms. The van der Waals surface area contributed by atoms with Crippen molar-refractivity contribution in [1.29, 1.82) is 5.26 Å². The SMILES string of the molecule is COc1cc(N)c(C#N)cc1CC(N)=O. The Bertz CT molecular complexity index is 435. The molecule has 4 N–H and O–H groups in total. The first-order valence-corrected chi connectivity index (χ1v) is 4.23. The summed E-state index contributed by atoms with van der Waals surface area (Å²) in [6.45, 7) is 0. The third-order valence-electron chi connectivity index (χ3n) is 1.94. The van der Waals surface area contributed by atoms with Gasteiger partial charge < -0.3 is 16.2 Å². The molecule has 0 bridgehead atoms. The minimum absolute atomic E-state index is 0.0259. The van der Waals surface area contributed by atoms with Gasteiger partial charge in [0.05, 0.1) is 24.8 Å². The number of nitrogens with zero attached hydrogens (tertiary/aromatic N) is 1. The van der Waals surface area contributed by atoms with Crippen LogP contribution in [0.15, 0.2) is 12.1 Å². The van der Waals surface area contributed by atoms with Crippen molar-refractivity contribution >= 4 is 11.6 Å². The van der Waals surface area contributed by atoms with Crippen LogP contribution in [0, 0.1) is 11.3 Å². The zero-order valence-corrected chi connectivity index (χ0v) is 8.28. The Labute approximate surface area is 87.2 Å². The molecule has 1 aromatic rings. The van der Waals surface area contributed by atoms with E-state index in [0.717, 1.165) is 0 Å². The summed E-state index contributed by atoms with van der Waals surface area (Å²) in [5, 5.41) is 8.75. The molecule has 78 valence electrons. The lowest BCUT2D eigenvalue weighted by molar-refractivity contribution is -0.117. The fourth-order valence-electron chi connectivity index (χ4n) is 1.25. The topological polar surface area (TPSA) is 102 Å². The van der Waals surface area contributed by atoms with Gasteiger partial charge in [-0.15, -0.1) is 0 Å². The first kappa shape index (κ1) is 10.9. The quantitative estimate of drug-likeness (QED) is 0.687. The largest absolute Gasteiger partial charge is 0.496 e. The number of primary amides is 1. The Morgan fingerprint density at radius 2 is 2.27 bits per heavy atom. The monoisotopic (exact) mass is 205 g/mol. The molecule has 0 aliphatic heterocycles. The van der Waals surface area contributed by atoms with E-state index in [1.54, 1.807) is 0 Å². The van der Waals surface area contributed by atoms with Crippen LogP contribution in [-0.4, -0.2) is 13.0 Å². The van der Waals surface area contributed by atoms with Crippen LogP contribution in [0.4, 0.5) is 5.69 Å². The second-order valence-corrected chi connectivity index (χ2v) is 3.01. The van der Waals surface area contributed by atoms with E-state index in [-0.39, 0.29) is 6.42 Å². The highest BCUT2D eigenvalue weighted by atomic mass is 16.5. The normalized spacial score (nSPS) is 9.33. The summed E-state index contributed by atoms with van der Waals surface area (Å²) < 4.78 is 5.03. The molecule has 0 fully saturated rings. The minimum Gasteiger partial charge on any atom is -0.496 e. The van der Waals surface area contributed by atoms with E-state index in [1.807, 2.05) is 6.07 Å². The molecule has 0 saturated carbocycles. The van der Waals surface area contributed by atoms with Gasteiger partial charge >= 0.3 is 0 Å². The molecule has 0 atom stereocenters. The van der Waals surface area contributed by atoms with E-state index >= 15 is 0 Å². The molecule has 15 heavy (non-hydrogen) atoms. The molecular formula is C10H11N3O2. The summed E-state index contributed by atoms with van der Waals surface area (Å²) in [5.41, 5.74) is 11.9. The zero-order valence-electron chi connectivity index (χ0n) is 8.28. The second-order valence-electron chi connectivity index (χ2n) is 3.01. The van der Waals surface area contributed by atoms with Crippen LogP contribution in [0.2, 0.25) is 0 Å². The van der Waals surface area contributed by atoms with Gasteiger partial charge in [-0.2, -0.15) is 5.26 Å². The van der Waals surface area contributed by atoms with Gasteiger partial charge in [-0.05, 0) is 6.07 Å². The number of carbonyl (C=O) groups is 1. The molecule has 0 saturated heterocycles. The maximum absolute atomic E-state index is 10.8. The fourth-order valence-corrected chi connectivity index (χ4v) is 1.25. The Kier molecular flexibility index (Phi) is 3.13. The second kappa shape index (κ2) is 4.33. The standard InChI is InChI=1S/C10H11N3O2/c1-15-9-4-8(12)7(5-11)2-6(9)3-10(13)14/h2,4H,3,12H2,1H3,(H2,13,14). The molecule has 5 nitrogen and oxygen atoms in total. The van der Waals surface area contributed by atoms with Crippen LogP contribution in [0.25, 0.3) is 0 Å². The van der Waals surface area contributed by atoms with Crippen molar-refractivity contribution in [1.82, 2.24) is 0 Å². The Balaban J connectivity index is 3.23. The average molecular weight is 205 g/mol. The van der Waals surface area contributed by atoms with Crippen LogP contribution in [0.5, 0.6) is 5.75 Å². The molecule has 1 amide bonds. The number of anilines is 1. The van der Waals surface area contributed by atoms with E-state index in [2.05, 4.69) is 0 Å². The number of rotatable bonds is 3. The summed E-state index contributed by atoms with van der Waals surface area (Å²) in [6, 6.07) is 4.95. The molecule has 1 rings (SSSR count). The molecular weight excluding hydrogens is 194 g/mol. The van der Waals surface area contributed by atoms with Gasteiger partial charge in [0.25, 0.3) is 0 Å². The molecule has 0 spiro atoms. The maximum atomic E-state index is 10.8. The number of nitriles is 1. The van der Waals surface area contributed by atoms with Crippen LogP contribution < -0.4 is 16.2 Å². The first-order chi connectivity index (χ1) is 7.08. The van der Waals surface area contributed by atoms with Gasteiger partial charge in [0.2, 0.25) is 5.91 Å². The predicted molar refractivity (Wildman–Crippen MR) is 55.0 cm³/mol. The molecule has 0 radical (unpaired) electrons. The van der Waals surface area contributed by atoms with E-state index in [9.17, 15) is 4.79 Å². The van der Waals surface area contributed by atoms with Crippen LogP contribution >= 0.6 is 0 Å². The smallest absolute Gasteiger partial charge is 0.221 e. The molecule has 0 aliphatic rings. The first-order valence-electron chi connectivity index (χ1n) is 4.23. The Morgan fingerprint density at radius 1 is 1.60 bits per heavy atom. The number of nitrogen functional groups attached to an aromatic ring is 1. The molecule has 0 unspecified atom stereocenters. The summed E-state index contributed by atoms with van der Waals surface area (Å²) in [5.74, 6) is -0.0211. The van der Waals surface area contributed by atoms with Crippen molar-refractivity contribution in [2.75, 3.05) is 12.8 Å². The van der Waals surface area contributed by atoms with Crippen molar-refractivity contribution in [3.05, 3.63) is 23.3 Å². The van der Waals surface area contributed by atoms with E-state index in [0.29, 0.717) is 22.6 Å². The van der Waals surface area contributed by atoms with E-state index in [1.165, 1.54) is 19.2 Å². The third-order valence-corrected chi connectivity index (χ3v) is 1.94. The summed E-state index contributed by atoms with van der Waals surface area (Å²) >= 11 is 0. The molecule has 0 aromatic heterocycles. The van der Waals surface area contributed by atoms with Crippen molar-refractivity contribution in [3.8, 4) is 11.8 Å².